The maximum absolute atomic E-state index is 12.2. The zero-order valence-electron chi connectivity index (χ0n) is 18.3. The predicted molar refractivity (Wildman–Crippen MR) is 105 cm³/mol. The Morgan fingerprint density at radius 2 is 1.20 bits per heavy atom. The number of hydrogen-bond acceptors (Lipinski definition) is 7. The molecule has 0 radical (unpaired) electrons. The minimum Gasteiger partial charge on any atom is -1.00 e. The van der Waals surface area contributed by atoms with Crippen LogP contribution in [-0.4, -0.2) is 149 Å². The molecule has 0 spiro atoms. The fourth-order valence-electron chi connectivity index (χ4n) is 1.61. The molecular formula is C14H32Ba2O7P2. The van der Waals surface area contributed by atoms with Gasteiger partial charge in [0, 0.05) is 19.4 Å². The van der Waals surface area contributed by atoms with E-state index in [0.29, 0.717) is 0 Å². The Morgan fingerprint density at radius 1 is 0.800 bits per heavy atom. The molecule has 144 valence electrons. The first kappa shape index (κ1) is 33.1. The predicted octanol–water partition coefficient (Wildman–Crippen LogP) is 3.40. The van der Waals surface area contributed by atoms with Crippen LogP contribution in [-0.2, 0) is 32.0 Å². The smallest absolute Gasteiger partial charge is 1.00 e. The molecule has 0 amide bonds. The van der Waals surface area contributed by atoms with Gasteiger partial charge in [0.1, 0.15) is 0 Å². The summed E-state index contributed by atoms with van der Waals surface area (Å²) in [5.41, 5.74) is 0. The van der Waals surface area contributed by atoms with E-state index in [2.05, 4.69) is 13.8 Å². The van der Waals surface area contributed by atoms with Gasteiger partial charge in [-0.05, 0) is 39.9 Å². The third kappa shape index (κ3) is 20.5. The van der Waals surface area contributed by atoms with Crippen molar-refractivity contribution in [3.63, 3.8) is 0 Å². The molecule has 0 bridgehead atoms. The van der Waals surface area contributed by atoms with Crippen molar-refractivity contribution >= 4 is 113 Å². The van der Waals surface area contributed by atoms with Crippen molar-refractivity contribution in [1.29, 1.82) is 0 Å². The molecule has 0 saturated carbocycles. The van der Waals surface area contributed by atoms with Crippen molar-refractivity contribution in [2.45, 2.75) is 52.1 Å². The standard InChI is InChI=1S/C14H30O7P2.2Ba.2H/c1-11(2)19-13(5)9-17-23(8,16)21-14(6)10-18-22(7,15)20-12(3)4;;;;/h11-14H,5-6,9-10H2,1-4,7-8H3;;;;/q-2;2*+2;2*-1. The van der Waals surface area contributed by atoms with Gasteiger partial charge < -0.3 is 39.5 Å². The topological polar surface area (TPSA) is 80.3 Å². The zero-order valence-corrected chi connectivity index (χ0v) is 27.0. The maximum Gasteiger partial charge on any atom is 2.00 e. The summed E-state index contributed by atoms with van der Waals surface area (Å²) in [6, 6.07) is 0. The molecule has 0 fully saturated rings. The molecule has 0 aromatic rings. The Labute approximate surface area is 236 Å². The van der Waals surface area contributed by atoms with Gasteiger partial charge in [-0.15, -0.1) is 0 Å². The van der Waals surface area contributed by atoms with E-state index in [1.807, 2.05) is 13.8 Å². The molecule has 7 nitrogen and oxygen atoms in total. The van der Waals surface area contributed by atoms with E-state index < -0.39 is 27.4 Å². The van der Waals surface area contributed by atoms with Gasteiger partial charge in [0.2, 0.25) is 0 Å². The first-order chi connectivity index (χ1) is 10.3. The number of rotatable bonds is 12. The van der Waals surface area contributed by atoms with Crippen molar-refractivity contribution in [3.05, 3.63) is 13.8 Å². The van der Waals surface area contributed by atoms with Gasteiger partial charge in [-0.2, -0.15) is 0 Å². The summed E-state index contributed by atoms with van der Waals surface area (Å²) >= 11 is 0. The van der Waals surface area contributed by atoms with E-state index in [1.165, 1.54) is 13.3 Å². The molecule has 0 aromatic carbocycles. The second-order valence-corrected chi connectivity index (χ2v) is 9.85. The van der Waals surface area contributed by atoms with Crippen LogP contribution < -0.4 is 0 Å². The minimum absolute atomic E-state index is 0. The van der Waals surface area contributed by atoms with Gasteiger partial charge in [0.05, 0.1) is 19.3 Å². The normalized spacial score (nSPS) is 18.6. The summed E-state index contributed by atoms with van der Waals surface area (Å²) in [6.45, 7) is 17.2. The average Bonchev–Trinajstić information content (AvgIpc) is 2.31. The molecule has 4 atom stereocenters. The van der Waals surface area contributed by atoms with Crippen LogP contribution in [0.15, 0.2) is 0 Å². The number of hydrogen-bond donors (Lipinski definition) is 0. The molecule has 0 N–H and O–H groups in total. The Bertz CT molecular complexity index is 446. The van der Waals surface area contributed by atoms with Crippen LogP contribution in [0, 0.1) is 13.8 Å². The molecule has 4 unspecified atom stereocenters. The van der Waals surface area contributed by atoms with E-state index in [9.17, 15) is 9.13 Å². The molecular weight excluding hydrogens is 617 g/mol. The summed E-state index contributed by atoms with van der Waals surface area (Å²) in [7, 11) is -6.54. The Hall–Kier alpha value is 3.40. The van der Waals surface area contributed by atoms with Crippen molar-refractivity contribution < 1.29 is 34.8 Å². The molecule has 0 heterocycles. The summed E-state index contributed by atoms with van der Waals surface area (Å²) in [5.74, 6) is 0. The summed E-state index contributed by atoms with van der Waals surface area (Å²) in [6.07, 6.45) is -1.51. The van der Waals surface area contributed by atoms with Crippen LogP contribution in [0.2, 0.25) is 0 Å². The summed E-state index contributed by atoms with van der Waals surface area (Å²) in [4.78, 5) is 0. The van der Waals surface area contributed by atoms with Crippen LogP contribution >= 0.6 is 15.2 Å². The Morgan fingerprint density at radius 3 is 1.60 bits per heavy atom. The second-order valence-electron chi connectivity index (χ2n) is 5.82. The Balaban J connectivity index is -0.000000403. The molecule has 0 aliphatic carbocycles. The fourth-order valence-corrected chi connectivity index (χ4v) is 3.97. The van der Waals surface area contributed by atoms with E-state index in [4.69, 9.17) is 22.8 Å². The third-order valence-electron chi connectivity index (χ3n) is 2.20. The number of ether oxygens (including phenoxy) is 1. The molecule has 0 rings (SSSR count). The molecule has 0 aliphatic heterocycles. The monoisotopic (exact) mass is 650 g/mol. The van der Waals surface area contributed by atoms with Gasteiger partial charge >= 0.3 is 113 Å². The van der Waals surface area contributed by atoms with Crippen molar-refractivity contribution in [2.24, 2.45) is 0 Å². The first-order valence-electron chi connectivity index (χ1n) is 7.45. The molecule has 0 aliphatic rings. The summed E-state index contributed by atoms with van der Waals surface area (Å²) in [5, 5.41) is 0. The maximum atomic E-state index is 12.2. The van der Waals surface area contributed by atoms with Gasteiger partial charge in [-0.25, -0.2) is 0 Å². The Kier molecular flexibility index (Phi) is 21.3. The van der Waals surface area contributed by atoms with Crippen LogP contribution in [0.4, 0.5) is 0 Å². The fraction of sp³-hybridized carbons (Fsp3) is 0.857. The van der Waals surface area contributed by atoms with Gasteiger partial charge in [-0.3, -0.25) is 9.13 Å². The van der Waals surface area contributed by atoms with Crippen LogP contribution in [0.5, 0.6) is 0 Å². The van der Waals surface area contributed by atoms with Crippen LogP contribution in [0.3, 0.4) is 0 Å². The third-order valence-corrected chi connectivity index (χ3v) is 4.92. The van der Waals surface area contributed by atoms with Crippen LogP contribution in [0.1, 0.15) is 30.5 Å². The SMILES string of the molecule is [Ba+2].[Ba+2].[CH2-]C(COP(C)(=O)OC([CH2-])COP(C)(=O)OC(C)C)OC(C)C.[H-].[H-]. The molecule has 0 aromatic heterocycles. The quantitative estimate of drug-likeness (QED) is 0.182. The van der Waals surface area contributed by atoms with E-state index in [0.717, 1.165) is 0 Å². The van der Waals surface area contributed by atoms with Crippen LogP contribution in [0.25, 0.3) is 0 Å². The van der Waals surface area contributed by atoms with Gasteiger partial charge in [0.25, 0.3) is 0 Å². The van der Waals surface area contributed by atoms with E-state index in [-0.39, 0.29) is 126 Å². The van der Waals surface area contributed by atoms with E-state index >= 15 is 0 Å². The first-order valence-corrected chi connectivity index (χ1v) is 11.4. The van der Waals surface area contributed by atoms with E-state index in [1.54, 1.807) is 13.8 Å². The zero-order chi connectivity index (χ0) is 18.3. The van der Waals surface area contributed by atoms with Crippen molar-refractivity contribution in [2.75, 3.05) is 26.5 Å². The van der Waals surface area contributed by atoms with Gasteiger partial charge in [-0.1, -0.05) is 0 Å². The largest absolute Gasteiger partial charge is 2.00 e. The van der Waals surface area contributed by atoms with Gasteiger partial charge in [0.15, 0.2) is 0 Å². The average molecular weight is 649 g/mol. The summed E-state index contributed by atoms with van der Waals surface area (Å²) < 4.78 is 50.3. The van der Waals surface area contributed by atoms with Crippen molar-refractivity contribution in [1.82, 2.24) is 0 Å². The molecule has 11 heteroatoms. The van der Waals surface area contributed by atoms with Crippen molar-refractivity contribution in [3.8, 4) is 0 Å². The molecule has 25 heavy (non-hydrogen) atoms. The molecule has 0 saturated heterocycles. The minimum atomic E-state index is -3.35. The second kappa shape index (κ2) is 16.1.